The third-order valence-electron chi connectivity index (χ3n) is 8.22. The Morgan fingerprint density at radius 3 is 2.45 bits per heavy atom. The van der Waals surface area contributed by atoms with Crippen LogP contribution in [0.1, 0.15) is 37.4 Å². The summed E-state index contributed by atoms with van der Waals surface area (Å²) in [7, 11) is 1.68. The first-order valence-electron chi connectivity index (χ1n) is 15.5. The molecule has 0 aliphatic carbocycles. The zero-order valence-electron chi connectivity index (χ0n) is 26.5. The third kappa shape index (κ3) is 7.48. The van der Waals surface area contributed by atoms with E-state index in [0.717, 1.165) is 73.1 Å². The molecule has 1 fully saturated rings. The molecule has 1 amide bonds. The summed E-state index contributed by atoms with van der Waals surface area (Å²) >= 11 is 8.19. The average Bonchev–Trinajstić information content (AvgIpc) is 3.69. The molecule has 6 rings (SSSR count). The highest BCUT2D eigenvalue weighted by atomic mass is 79.9. The Kier molecular flexibility index (Phi) is 10.8. The number of ether oxygens (including phenoxy) is 2. The highest BCUT2D eigenvalue weighted by Gasteiger charge is 2.27. The fraction of sp³-hybridized carbons (Fsp3) is 0.278. The van der Waals surface area contributed by atoms with E-state index in [0.29, 0.717) is 24.6 Å². The van der Waals surface area contributed by atoms with Crippen LogP contribution in [0.4, 0.5) is 11.4 Å². The van der Waals surface area contributed by atoms with Crippen molar-refractivity contribution in [1.82, 2.24) is 4.90 Å². The van der Waals surface area contributed by atoms with Gasteiger partial charge >= 0.3 is 5.97 Å². The van der Waals surface area contributed by atoms with E-state index in [1.807, 2.05) is 42.3 Å². The van der Waals surface area contributed by atoms with Crippen LogP contribution in [0.5, 0.6) is 5.75 Å². The van der Waals surface area contributed by atoms with Crippen molar-refractivity contribution >= 4 is 83.9 Å². The fourth-order valence-electron chi connectivity index (χ4n) is 5.70. The molecule has 1 aliphatic heterocycles. The fourth-order valence-corrected chi connectivity index (χ4v) is 9.28. The van der Waals surface area contributed by atoms with Gasteiger partial charge in [0.25, 0.3) is 5.91 Å². The van der Waals surface area contributed by atoms with Crippen molar-refractivity contribution in [1.29, 1.82) is 0 Å². The standard InChI is InChI=1S/C36H36BrN3O4S3/c1-4-44-36(42)33-24(2)28-23-27(13-14-32(28)46-33)47-40(17-15-25-9-11-26(43-3)12-10-25)31-8-6-5-7-30(31)38-18-20-39(21-19-38)35(41)34-29(37)16-22-45-34/h5-14,16,22-23H,4,15,17-21H2,1-3H3. The number of carbonyl (C=O) groups is 2. The van der Waals surface area contributed by atoms with Gasteiger partial charge in [-0.3, -0.25) is 4.79 Å². The minimum absolute atomic E-state index is 0.0849. The third-order valence-corrected chi connectivity index (χ3v) is 12.4. The molecule has 244 valence electrons. The molecule has 5 aromatic rings. The van der Waals surface area contributed by atoms with Gasteiger partial charge in [0.15, 0.2) is 0 Å². The highest BCUT2D eigenvalue weighted by molar-refractivity contribution is 9.10. The maximum Gasteiger partial charge on any atom is 0.348 e. The maximum absolute atomic E-state index is 13.2. The Bertz CT molecular complexity index is 1870. The van der Waals surface area contributed by atoms with E-state index >= 15 is 0 Å². The number of para-hydroxylation sites is 2. The van der Waals surface area contributed by atoms with E-state index in [4.69, 9.17) is 9.47 Å². The molecule has 0 N–H and O–H groups in total. The van der Waals surface area contributed by atoms with Gasteiger partial charge in [-0.15, -0.1) is 22.7 Å². The van der Waals surface area contributed by atoms with E-state index in [1.54, 1.807) is 19.1 Å². The molecule has 0 radical (unpaired) electrons. The monoisotopic (exact) mass is 749 g/mol. The maximum atomic E-state index is 13.2. The number of hydrogen-bond donors (Lipinski definition) is 0. The largest absolute Gasteiger partial charge is 0.497 e. The quantitative estimate of drug-likeness (QED) is 0.0988. The molecule has 3 heterocycles. The Morgan fingerprint density at radius 1 is 0.979 bits per heavy atom. The molecule has 0 atom stereocenters. The molecular formula is C36H36BrN3O4S3. The van der Waals surface area contributed by atoms with Crippen molar-refractivity contribution in [3.8, 4) is 5.75 Å². The van der Waals surface area contributed by atoms with Crippen LogP contribution in [0.2, 0.25) is 0 Å². The number of benzene rings is 3. The van der Waals surface area contributed by atoms with Crippen LogP contribution >= 0.6 is 50.6 Å². The van der Waals surface area contributed by atoms with Gasteiger partial charge < -0.3 is 23.6 Å². The van der Waals surface area contributed by atoms with Crippen LogP contribution in [-0.2, 0) is 11.2 Å². The Hall–Kier alpha value is -3.51. The van der Waals surface area contributed by atoms with Crippen LogP contribution in [0, 0.1) is 6.92 Å². The molecule has 47 heavy (non-hydrogen) atoms. The van der Waals surface area contributed by atoms with Crippen LogP contribution in [0.25, 0.3) is 10.1 Å². The van der Waals surface area contributed by atoms with Crippen LogP contribution in [0.15, 0.2) is 87.5 Å². The van der Waals surface area contributed by atoms with Crippen molar-refractivity contribution in [2.24, 2.45) is 0 Å². The van der Waals surface area contributed by atoms with Crippen LogP contribution in [0.3, 0.4) is 0 Å². The van der Waals surface area contributed by atoms with Crippen molar-refractivity contribution < 1.29 is 19.1 Å². The van der Waals surface area contributed by atoms with Gasteiger partial charge in [0.1, 0.15) is 15.5 Å². The zero-order valence-corrected chi connectivity index (χ0v) is 30.6. The number of carbonyl (C=O) groups excluding carboxylic acids is 2. The predicted molar refractivity (Wildman–Crippen MR) is 199 cm³/mol. The second-order valence-electron chi connectivity index (χ2n) is 11.1. The van der Waals surface area contributed by atoms with Crippen LogP contribution < -0.4 is 13.9 Å². The van der Waals surface area contributed by atoms with E-state index in [-0.39, 0.29) is 11.9 Å². The first kappa shape index (κ1) is 33.4. The lowest BCUT2D eigenvalue weighted by atomic mass is 10.1. The first-order valence-corrected chi connectivity index (χ1v) is 18.8. The van der Waals surface area contributed by atoms with Crippen molar-refractivity contribution in [2.45, 2.75) is 25.2 Å². The molecule has 11 heteroatoms. The van der Waals surface area contributed by atoms with Crippen molar-refractivity contribution in [2.75, 3.05) is 55.6 Å². The number of esters is 1. The minimum atomic E-state index is -0.264. The molecule has 1 aliphatic rings. The van der Waals surface area contributed by atoms with Gasteiger partial charge in [-0.2, -0.15) is 0 Å². The second kappa shape index (κ2) is 15.1. The van der Waals surface area contributed by atoms with Gasteiger partial charge in [0, 0.05) is 46.8 Å². The van der Waals surface area contributed by atoms with E-state index in [2.05, 4.69) is 79.7 Å². The number of fused-ring (bicyclic) bond motifs is 1. The average molecular weight is 751 g/mol. The normalized spacial score (nSPS) is 13.2. The highest BCUT2D eigenvalue weighted by Crippen LogP contribution is 2.40. The smallest absolute Gasteiger partial charge is 0.348 e. The molecule has 2 aromatic heterocycles. The molecule has 0 bridgehead atoms. The number of nitrogens with zero attached hydrogens (tertiary/aromatic N) is 3. The first-order chi connectivity index (χ1) is 22.9. The SMILES string of the molecule is CCOC(=O)c1sc2ccc(SN(CCc3ccc(OC)cc3)c3ccccc3N3CCN(C(=O)c4sccc4Br)CC3)cc2c1C. The topological polar surface area (TPSA) is 62.3 Å². The number of anilines is 2. The Morgan fingerprint density at radius 2 is 1.74 bits per heavy atom. The summed E-state index contributed by atoms with van der Waals surface area (Å²) in [4.78, 5) is 32.7. The number of thiophene rings is 2. The summed E-state index contributed by atoms with van der Waals surface area (Å²) in [6.07, 6.45) is 0.843. The van der Waals surface area contributed by atoms with Gasteiger partial charge in [0.05, 0.1) is 25.1 Å². The molecule has 0 spiro atoms. The molecule has 0 saturated carbocycles. The molecule has 7 nitrogen and oxygen atoms in total. The summed E-state index contributed by atoms with van der Waals surface area (Å²) in [5.74, 6) is 0.665. The molecule has 1 saturated heterocycles. The van der Waals surface area contributed by atoms with Gasteiger partial charge in [-0.25, -0.2) is 4.79 Å². The number of amides is 1. The summed E-state index contributed by atoms with van der Waals surface area (Å²) in [5.41, 5.74) is 4.46. The Balaban J connectivity index is 1.27. The van der Waals surface area contributed by atoms with Crippen molar-refractivity contribution in [3.63, 3.8) is 0 Å². The zero-order chi connectivity index (χ0) is 32.9. The minimum Gasteiger partial charge on any atom is -0.497 e. The second-order valence-corrected chi connectivity index (χ2v) is 15.0. The van der Waals surface area contributed by atoms with Gasteiger partial charge in [-0.1, -0.05) is 24.3 Å². The lowest BCUT2D eigenvalue weighted by molar-refractivity contribution is 0.0531. The van der Waals surface area contributed by atoms with Gasteiger partial charge in [-0.05, 0) is 119 Å². The lowest BCUT2D eigenvalue weighted by Crippen LogP contribution is -2.49. The number of aryl methyl sites for hydroxylation is 1. The number of rotatable bonds is 11. The van der Waals surface area contributed by atoms with E-state index in [9.17, 15) is 9.59 Å². The van der Waals surface area contributed by atoms with Gasteiger partial charge in [0.2, 0.25) is 0 Å². The lowest BCUT2D eigenvalue weighted by Gasteiger charge is -2.38. The summed E-state index contributed by atoms with van der Waals surface area (Å²) in [6, 6.07) is 25.1. The molecular weight excluding hydrogens is 715 g/mol. The van der Waals surface area contributed by atoms with Crippen LogP contribution in [-0.4, -0.2) is 63.2 Å². The molecule has 3 aromatic carbocycles. The number of methoxy groups -OCH3 is 1. The number of hydrogen-bond acceptors (Lipinski definition) is 9. The molecule has 0 unspecified atom stereocenters. The van der Waals surface area contributed by atoms with E-state index in [1.165, 1.54) is 28.2 Å². The predicted octanol–water partition coefficient (Wildman–Crippen LogP) is 8.94. The summed E-state index contributed by atoms with van der Waals surface area (Å²) in [5, 5.41) is 3.02. The number of piperazine rings is 1. The Labute approximate surface area is 296 Å². The van der Waals surface area contributed by atoms with Crippen molar-refractivity contribution in [3.05, 3.63) is 104 Å². The summed E-state index contributed by atoms with van der Waals surface area (Å²) < 4.78 is 15.0. The number of halogens is 1. The van der Waals surface area contributed by atoms with E-state index < -0.39 is 0 Å². The summed E-state index contributed by atoms with van der Waals surface area (Å²) in [6.45, 7) is 7.77.